The number of benzene rings is 1. The number of carboxylic acids is 1. The lowest BCUT2D eigenvalue weighted by molar-refractivity contribution is 0.0696. The minimum absolute atomic E-state index is 0. The molecule has 0 unspecified atom stereocenters. The largest absolute Gasteiger partial charge is 0.506 e. The van der Waals surface area contributed by atoms with Crippen molar-refractivity contribution in [2.45, 2.75) is 13.0 Å². The van der Waals surface area contributed by atoms with Crippen LogP contribution in [0.2, 0.25) is 0 Å². The number of phenolic OH excluding ortho intramolecular Hbond substituents is 1. The summed E-state index contributed by atoms with van der Waals surface area (Å²) in [6.07, 6.45) is 0. The Bertz CT molecular complexity index is 382. The number of phenols is 1. The van der Waals surface area contributed by atoms with Gasteiger partial charge in [0.25, 0.3) is 0 Å². The van der Waals surface area contributed by atoms with Crippen LogP contribution in [0.4, 0.5) is 0 Å². The highest BCUT2D eigenvalue weighted by Gasteiger charge is 2.14. The fourth-order valence-corrected chi connectivity index (χ4v) is 1.57. The van der Waals surface area contributed by atoms with Gasteiger partial charge in [-0.15, -0.1) is 12.4 Å². The molecule has 0 bridgehead atoms. The number of hydrogen-bond acceptors (Lipinski definition) is 3. The number of nitrogens with two attached hydrogens (primary N) is 1. The highest BCUT2D eigenvalue weighted by molar-refractivity contribution is 9.10. The molecule has 0 aliphatic heterocycles. The highest BCUT2D eigenvalue weighted by Crippen LogP contribution is 2.32. The molecule has 4 N–H and O–H groups in total. The first-order chi connectivity index (χ1) is 6.43. The van der Waals surface area contributed by atoms with Crippen LogP contribution in [0, 0.1) is 0 Å². The third kappa shape index (κ3) is 3.09. The lowest BCUT2D eigenvalue weighted by atomic mass is 10.0. The topological polar surface area (TPSA) is 83.6 Å². The summed E-state index contributed by atoms with van der Waals surface area (Å²) < 4.78 is 0.338. The zero-order valence-corrected chi connectivity index (χ0v) is 10.3. The molecule has 0 radical (unpaired) electrons. The minimum atomic E-state index is -1.05. The average molecular weight is 297 g/mol. The molecule has 0 heterocycles. The maximum Gasteiger partial charge on any atom is 0.335 e. The smallest absolute Gasteiger partial charge is 0.335 e. The summed E-state index contributed by atoms with van der Waals surface area (Å²) in [6, 6.07) is 2.29. The van der Waals surface area contributed by atoms with E-state index in [4.69, 9.17) is 10.8 Å². The van der Waals surface area contributed by atoms with Gasteiger partial charge in [0.05, 0.1) is 10.0 Å². The van der Waals surface area contributed by atoms with Gasteiger partial charge < -0.3 is 15.9 Å². The van der Waals surface area contributed by atoms with Crippen LogP contribution in [-0.4, -0.2) is 16.2 Å². The van der Waals surface area contributed by atoms with Crippen LogP contribution in [0.3, 0.4) is 0 Å². The Hall–Kier alpha value is -0.780. The summed E-state index contributed by atoms with van der Waals surface area (Å²) in [6.45, 7) is 1.67. The predicted molar refractivity (Wildman–Crippen MR) is 62.6 cm³/mol. The van der Waals surface area contributed by atoms with E-state index in [9.17, 15) is 9.90 Å². The fraction of sp³-hybridized carbons (Fsp3) is 0.222. The number of carbonyl (C=O) groups is 1. The van der Waals surface area contributed by atoms with Gasteiger partial charge in [0, 0.05) is 11.6 Å². The van der Waals surface area contributed by atoms with Crippen molar-refractivity contribution >= 4 is 34.3 Å². The number of carboxylic acid groups (broad SMARTS) is 1. The third-order valence-electron chi connectivity index (χ3n) is 1.83. The van der Waals surface area contributed by atoms with Crippen LogP contribution < -0.4 is 5.73 Å². The Balaban J connectivity index is 0.00000196. The normalized spacial score (nSPS) is 11.7. The van der Waals surface area contributed by atoms with Crippen LogP contribution in [-0.2, 0) is 0 Å². The molecule has 0 spiro atoms. The van der Waals surface area contributed by atoms with Crippen LogP contribution in [0.15, 0.2) is 16.6 Å². The molecule has 1 aromatic carbocycles. The predicted octanol–water partition coefficient (Wildman–Crippen LogP) is 2.29. The molecule has 1 rings (SSSR count). The highest BCUT2D eigenvalue weighted by atomic mass is 79.9. The Morgan fingerprint density at radius 1 is 1.53 bits per heavy atom. The van der Waals surface area contributed by atoms with Gasteiger partial charge in [0.1, 0.15) is 5.75 Å². The van der Waals surface area contributed by atoms with Crippen LogP contribution in [0.5, 0.6) is 5.75 Å². The van der Waals surface area contributed by atoms with Crippen molar-refractivity contribution in [2.24, 2.45) is 5.73 Å². The van der Waals surface area contributed by atoms with E-state index >= 15 is 0 Å². The van der Waals surface area contributed by atoms with E-state index in [-0.39, 0.29) is 23.7 Å². The Labute approximate surface area is 102 Å². The number of rotatable bonds is 2. The summed E-state index contributed by atoms with van der Waals surface area (Å²) in [5.41, 5.74) is 6.09. The second kappa shape index (κ2) is 5.34. The first-order valence-corrected chi connectivity index (χ1v) is 4.74. The molecule has 1 atom stereocenters. The number of aromatic hydroxyl groups is 1. The van der Waals surface area contributed by atoms with E-state index in [2.05, 4.69) is 15.9 Å². The van der Waals surface area contributed by atoms with Crippen molar-refractivity contribution in [1.82, 2.24) is 0 Å². The van der Waals surface area contributed by atoms with Crippen molar-refractivity contribution in [3.8, 4) is 5.75 Å². The van der Waals surface area contributed by atoms with Crippen LogP contribution >= 0.6 is 28.3 Å². The third-order valence-corrected chi connectivity index (χ3v) is 2.43. The van der Waals surface area contributed by atoms with Gasteiger partial charge in [-0.05, 0) is 35.0 Å². The molecule has 0 saturated carbocycles. The fourth-order valence-electron chi connectivity index (χ4n) is 1.09. The molecule has 1 aromatic rings. The molecular formula is C9H11BrClNO3. The quantitative estimate of drug-likeness (QED) is 0.782. The van der Waals surface area contributed by atoms with E-state index < -0.39 is 12.0 Å². The van der Waals surface area contributed by atoms with E-state index in [0.29, 0.717) is 10.0 Å². The molecule has 84 valence electrons. The SMILES string of the molecule is C[C@H](N)c1cc(C(=O)O)cc(Br)c1O.Cl. The molecule has 6 heteroatoms. The molecule has 0 amide bonds. The molecular weight excluding hydrogens is 285 g/mol. The van der Waals surface area contributed by atoms with Crippen molar-refractivity contribution in [1.29, 1.82) is 0 Å². The van der Waals surface area contributed by atoms with Gasteiger partial charge in [-0.1, -0.05) is 0 Å². The first kappa shape index (κ1) is 14.2. The van der Waals surface area contributed by atoms with Gasteiger partial charge in [-0.25, -0.2) is 4.79 Å². The van der Waals surface area contributed by atoms with Gasteiger partial charge in [-0.3, -0.25) is 0 Å². The Kier molecular flexibility index (Phi) is 5.07. The minimum Gasteiger partial charge on any atom is -0.506 e. The van der Waals surface area contributed by atoms with E-state index in [0.717, 1.165) is 0 Å². The van der Waals surface area contributed by atoms with E-state index in [1.165, 1.54) is 12.1 Å². The van der Waals surface area contributed by atoms with Crippen molar-refractivity contribution < 1.29 is 15.0 Å². The molecule has 0 fully saturated rings. The summed E-state index contributed by atoms with van der Waals surface area (Å²) in [7, 11) is 0. The van der Waals surface area contributed by atoms with Gasteiger partial charge in [0.15, 0.2) is 0 Å². The van der Waals surface area contributed by atoms with Crippen LogP contribution in [0.25, 0.3) is 0 Å². The molecule has 0 aliphatic rings. The van der Waals surface area contributed by atoms with Crippen molar-refractivity contribution in [2.75, 3.05) is 0 Å². The summed E-state index contributed by atoms with van der Waals surface area (Å²) in [5, 5.41) is 18.3. The molecule has 0 aliphatic carbocycles. The standard InChI is InChI=1S/C9H10BrNO3.ClH/c1-4(11)6-2-5(9(13)14)3-7(10)8(6)12;/h2-4,12H,11H2,1H3,(H,13,14);1H/t4-;/m0./s1. The van der Waals surface area contributed by atoms with Gasteiger partial charge in [-0.2, -0.15) is 0 Å². The number of aromatic carboxylic acids is 1. The molecule has 15 heavy (non-hydrogen) atoms. The first-order valence-electron chi connectivity index (χ1n) is 3.94. The maximum atomic E-state index is 10.7. The zero-order valence-electron chi connectivity index (χ0n) is 7.90. The second-order valence-corrected chi connectivity index (χ2v) is 3.84. The average Bonchev–Trinajstić information content (AvgIpc) is 2.08. The lowest BCUT2D eigenvalue weighted by Gasteiger charge is -2.10. The second-order valence-electron chi connectivity index (χ2n) is 2.99. The summed E-state index contributed by atoms with van der Waals surface area (Å²) >= 11 is 3.06. The van der Waals surface area contributed by atoms with E-state index in [1.807, 2.05) is 0 Å². The Morgan fingerprint density at radius 3 is 2.47 bits per heavy atom. The maximum absolute atomic E-state index is 10.7. The lowest BCUT2D eigenvalue weighted by Crippen LogP contribution is -2.07. The van der Waals surface area contributed by atoms with Crippen molar-refractivity contribution in [3.05, 3.63) is 27.7 Å². The molecule has 0 aromatic heterocycles. The van der Waals surface area contributed by atoms with E-state index in [1.54, 1.807) is 6.92 Å². The van der Waals surface area contributed by atoms with Crippen molar-refractivity contribution in [3.63, 3.8) is 0 Å². The summed E-state index contributed by atoms with van der Waals surface area (Å²) in [4.78, 5) is 10.7. The van der Waals surface area contributed by atoms with Gasteiger partial charge >= 0.3 is 5.97 Å². The Morgan fingerprint density at radius 2 is 2.07 bits per heavy atom. The molecule has 4 nitrogen and oxygen atoms in total. The summed E-state index contributed by atoms with van der Waals surface area (Å²) in [5.74, 6) is -1.06. The van der Waals surface area contributed by atoms with Crippen LogP contribution in [0.1, 0.15) is 28.9 Å². The monoisotopic (exact) mass is 295 g/mol. The van der Waals surface area contributed by atoms with Gasteiger partial charge in [0.2, 0.25) is 0 Å². The molecule has 0 saturated heterocycles. The number of halogens is 2. The number of hydrogen-bond donors (Lipinski definition) is 3. The zero-order chi connectivity index (χ0) is 10.9.